The fourth-order valence-corrected chi connectivity index (χ4v) is 5.24. The monoisotopic (exact) mass is 513 g/mol. The van der Waals surface area contributed by atoms with Crippen molar-refractivity contribution in [3.8, 4) is 0 Å². The molecule has 0 spiro atoms. The number of halogens is 3. The number of hydrogen-bond donors (Lipinski definition) is 1. The van der Waals surface area contributed by atoms with Gasteiger partial charge in [0.05, 0.1) is 0 Å². The van der Waals surface area contributed by atoms with E-state index in [1.54, 1.807) is 0 Å². The quantitative estimate of drug-likeness (QED) is 0.349. The number of anilines is 1. The van der Waals surface area contributed by atoms with Gasteiger partial charge in [0.25, 0.3) is 0 Å². The van der Waals surface area contributed by atoms with Crippen LogP contribution in [0.15, 0.2) is 72.8 Å². The smallest absolute Gasteiger partial charge is 0.207 e. The molecule has 1 aliphatic rings. The number of carbonyl (C=O) groups is 1. The molecule has 4 rings (SSSR count). The average Bonchev–Trinajstić information content (AvgIpc) is 2.88. The van der Waals surface area contributed by atoms with Crippen LogP contribution in [-0.4, -0.2) is 50.6 Å². The highest BCUT2D eigenvalue weighted by Crippen LogP contribution is 2.38. The van der Waals surface area contributed by atoms with Crippen LogP contribution in [0.2, 0.25) is 10.0 Å². The van der Waals surface area contributed by atoms with E-state index in [0.717, 1.165) is 68.8 Å². The number of carbonyl (C=O) groups excluding carboxylic acids is 1. The number of nitrogens with zero attached hydrogens (tertiary/aromatic N) is 2. The molecule has 7 heteroatoms. The number of amides is 1. The van der Waals surface area contributed by atoms with Crippen molar-refractivity contribution in [2.45, 2.75) is 18.3 Å². The van der Waals surface area contributed by atoms with E-state index >= 15 is 0 Å². The lowest BCUT2D eigenvalue weighted by molar-refractivity contribution is -0.109. The Morgan fingerprint density at radius 3 is 1.89 bits per heavy atom. The summed E-state index contributed by atoms with van der Waals surface area (Å²) in [4.78, 5) is 16.1. The molecule has 1 amide bonds. The van der Waals surface area contributed by atoms with Crippen LogP contribution in [-0.2, 0) is 10.2 Å². The van der Waals surface area contributed by atoms with Crippen LogP contribution in [0.1, 0.15) is 24.0 Å². The summed E-state index contributed by atoms with van der Waals surface area (Å²) < 4.78 is 13.3. The molecule has 1 fully saturated rings. The number of piperazine rings is 1. The number of nitrogens with one attached hydrogen (secondary N) is 1. The summed E-state index contributed by atoms with van der Waals surface area (Å²) in [5.41, 5.74) is 2.89. The highest BCUT2D eigenvalue weighted by atomic mass is 35.5. The van der Waals surface area contributed by atoms with E-state index in [-0.39, 0.29) is 5.82 Å². The molecule has 0 aliphatic carbocycles. The topological polar surface area (TPSA) is 35.6 Å². The van der Waals surface area contributed by atoms with E-state index < -0.39 is 5.41 Å². The van der Waals surface area contributed by atoms with Gasteiger partial charge < -0.3 is 10.2 Å². The number of rotatable bonds is 10. The summed E-state index contributed by atoms with van der Waals surface area (Å²) in [6.45, 7) is 5.19. The molecule has 184 valence electrons. The predicted molar refractivity (Wildman–Crippen MR) is 142 cm³/mol. The Balaban J connectivity index is 1.46. The Labute approximate surface area is 216 Å². The van der Waals surface area contributed by atoms with E-state index in [9.17, 15) is 9.18 Å². The summed E-state index contributed by atoms with van der Waals surface area (Å²) in [6, 6.07) is 22.5. The summed E-state index contributed by atoms with van der Waals surface area (Å²) in [7, 11) is 0. The molecule has 1 aliphatic heterocycles. The maximum absolute atomic E-state index is 13.3. The first-order valence-electron chi connectivity index (χ1n) is 11.9. The third-order valence-corrected chi connectivity index (χ3v) is 7.43. The van der Waals surface area contributed by atoms with Gasteiger partial charge >= 0.3 is 0 Å². The number of hydrogen-bond acceptors (Lipinski definition) is 3. The van der Waals surface area contributed by atoms with Crippen molar-refractivity contribution in [3.63, 3.8) is 0 Å². The Morgan fingerprint density at radius 1 is 0.829 bits per heavy atom. The zero-order valence-corrected chi connectivity index (χ0v) is 21.1. The zero-order valence-electron chi connectivity index (χ0n) is 19.6. The van der Waals surface area contributed by atoms with Gasteiger partial charge in [-0.3, -0.25) is 9.69 Å². The average molecular weight is 514 g/mol. The van der Waals surface area contributed by atoms with Crippen LogP contribution in [0.25, 0.3) is 0 Å². The lowest BCUT2D eigenvalue weighted by atomic mass is 9.71. The second-order valence-electron chi connectivity index (χ2n) is 9.00. The fourth-order valence-electron chi connectivity index (χ4n) is 4.99. The van der Waals surface area contributed by atoms with E-state index in [0.29, 0.717) is 16.6 Å². The minimum Gasteiger partial charge on any atom is -0.369 e. The van der Waals surface area contributed by atoms with Crippen LogP contribution in [0.3, 0.4) is 0 Å². The van der Waals surface area contributed by atoms with E-state index in [2.05, 4.69) is 15.1 Å². The van der Waals surface area contributed by atoms with E-state index in [1.807, 2.05) is 60.7 Å². The Hall–Kier alpha value is -2.60. The molecule has 1 saturated heterocycles. The first kappa shape index (κ1) is 25.5. The van der Waals surface area contributed by atoms with Gasteiger partial charge in [0.15, 0.2) is 0 Å². The van der Waals surface area contributed by atoms with Gasteiger partial charge in [0, 0.05) is 53.9 Å². The Bertz CT molecular complexity index is 1040. The third kappa shape index (κ3) is 6.35. The second-order valence-corrected chi connectivity index (χ2v) is 9.88. The van der Waals surface area contributed by atoms with Gasteiger partial charge in [-0.25, -0.2) is 4.39 Å². The molecule has 4 nitrogen and oxygen atoms in total. The molecular weight excluding hydrogens is 484 g/mol. The molecule has 0 aromatic heterocycles. The largest absolute Gasteiger partial charge is 0.369 e. The second kappa shape index (κ2) is 11.9. The van der Waals surface area contributed by atoms with Crippen LogP contribution >= 0.6 is 23.2 Å². The van der Waals surface area contributed by atoms with Crippen molar-refractivity contribution in [2.24, 2.45) is 0 Å². The van der Waals surface area contributed by atoms with Gasteiger partial charge in [0.1, 0.15) is 5.82 Å². The lowest BCUT2D eigenvalue weighted by Crippen LogP contribution is -2.47. The normalized spacial score (nSPS) is 14.7. The highest BCUT2D eigenvalue weighted by Gasteiger charge is 2.34. The predicted octanol–water partition coefficient (Wildman–Crippen LogP) is 5.77. The van der Waals surface area contributed by atoms with Crippen LogP contribution in [0.5, 0.6) is 0 Å². The first-order valence-corrected chi connectivity index (χ1v) is 12.7. The highest BCUT2D eigenvalue weighted by molar-refractivity contribution is 6.30. The summed E-state index contributed by atoms with van der Waals surface area (Å²) in [5.74, 6) is -0.207. The summed E-state index contributed by atoms with van der Waals surface area (Å²) in [6.07, 6.45) is 2.58. The maximum Gasteiger partial charge on any atom is 0.207 e. The van der Waals surface area contributed by atoms with Gasteiger partial charge in [-0.15, -0.1) is 0 Å². The summed E-state index contributed by atoms with van der Waals surface area (Å²) in [5, 5.41) is 4.30. The third-order valence-electron chi connectivity index (χ3n) is 6.92. The molecule has 0 radical (unpaired) electrons. The molecule has 1 N–H and O–H groups in total. The molecule has 0 unspecified atom stereocenters. The molecule has 0 saturated carbocycles. The van der Waals surface area contributed by atoms with Gasteiger partial charge in [-0.05, 0) is 79.0 Å². The van der Waals surface area contributed by atoms with Gasteiger partial charge in [0.2, 0.25) is 6.41 Å². The minimum atomic E-state index is -0.397. The Kier molecular flexibility index (Phi) is 8.66. The lowest BCUT2D eigenvalue weighted by Gasteiger charge is -2.38. The molecule has 1 heterocycles. The molecule has 35 heavy (non-hydrogen) atoms. The van der Waals surface area contributed by atoms with Crippen molar-refractivity contribution in [3.05, 3.63) is 99.8 Å². The van der Waals surface area contributed by atoms with Gasteiger partial charge in [-0.1, -0.05) is 47.5 Å². The van der Waals surface area contributed by atoms with Crippen molar-refractivity contribution in [1.82, 2.24) is 10.2 Å². The molecule has 0 atom stereocenters. The fraction of sp³-hybridized carbons (Fsp3) is 0.321. The molecule has 3 aromatic carbocycles. The Morgan fingerprint density at radius 2 is 1.37 bits per heavy atom. The number of benzene rings is 3. The summed E-state index contributed by atoms with van der Waals surface area (Å²) >= 11 is 12.4. The van der Waals surface area contributed by atoms with Crippen LogP contribution < -0.4 is 10.2 Å². The maximum atomic E-state index is 13.3. The van der Waals surface area contributed by atoms with E-state index in [1.165, 1.54) is 12.1 Å². The van der Waals surface area contributed by atoms with Crippen LogP contribution in [0.4, 0.5) is 10.1 Å². The first-order chi connectivity index (χ1) is 17.0. The van der Waals surface area contributed by atoms with Crippen LogP contribution in [0, 0.1) is 5.82 Å². The molecule has 3 aromatic rings. The van der Waals surface area contributed by atoms with Gasteiger partial charge in [-0.2, -0.15) is 0 Å². The van der Waals surface area contributed by atoms with Crippen molar-refractivity contribution >= 4 is 35.3 Å². The zero-order chi connectivity index (χ0) is 24.7. The van der Waals surface area contributed by atoms with Crippen molar-refractivity contribution in [1.29, 1.82) is 0 Å². The molecule has 0 bridgehead atoms. The molecular formula is C28H30Cl2FN3O. The minimum absolute atomic E-state index is 0.207. The SMILES string of the molecule is O=CNCC(CCCN1CCN(c2ccc(F)cc2)CC1)(c1ccc(Cl)cc1)c1ccc(Cl)cc1. The van der Waals surface area contributed by atoms with E-state index in [4.69, 9.17) is 23.2 Å². The standard InChI is InChI=1S/C28H30Cl2FN3O/c29-24-6-2-22(3-7-24)28(20-32-21-35,23-4-8-25(30)9-5-23)14-1-15-33-16-18-34(19-17-33)27-12-10-26(31)11-13-27/h2-13,21H,1,14-20H2,(H,32,35). The van der Waals surface area contributed by atoms with Crippen molar-refractivity contribution < 1.29 is 9.18 Å². The van der Waals surface area contributed by atoms with Crippen molar-refractivity contribution in [2.75, 3.05) is 44.2 Å².